The van der Waals surface area contributed by atoms with Gasteiger partial charge in [-0.05, 0) is 0 Å². The van der Waals surface area contributed by atoms with Crippen LogP contribution < -0.4 is 0 Å². The average molecular weight is 585 g/mol. The fourth-order valence-corrected chi connectivity index (χ4v) is 11.2. The van der Waals surface area contributed by atoms with Gasteiger partial charge in [0, 0.05) is 0 Å². The number of rotatable bonds is 3. The van der Waals surface area contributed by atoms with Gasteiger partial charge in [0.25, 0.3) is 0 Å². The molecule has 158 valence electrons. The van der Waals surface area contributed by atoms with E-state index in [0.717, 1.165) is 0 Å². The average Bonchev–Trinajstić information content (AvgIpc) is 3.40. The van der Waals surface area contributed by atoms with Crippen molar-refractivity contribution in [1.29, 1.82) is 0 Å². The normalized spacial score (nSPS) is 19.2. The van der Waals surface area contributed by atoms with Crippen LogP contribution in [0.2, 0.25) is 0 Å². The number of benzene rings is 4. The van der Waals surface area contributed by atoms with Crippen molar-refractivity contribution < 1.29 is 26.1 Å². The standard InChI is InChI=1S/C15H10Br.C15H9S.Zr.2H/c16-14-8-4-7-12-9-10-13(15(12)14)11-5-2-1-3-6-11;1-2-13-12-8-9-14(13)15(3-1)16-11-6-4-10(12)5-7-11;;;/h1-9,13H;1-7,9,12H;;;/q;;+2;2*-1. The van der Waals surface area contributed by atoms with E-state index in [-0.39, 0.29) is 2.85 Å². The molecule has 4 aromatic rings. The van der Waals surface area contributed by atoms with Gasteiger partial charge in [-0.15, -0.1) is 0 Å². The molecule has 3 heteroatoms. The third-order valence-electron chi connectivity index (χ3n) is 6.88. The van der Waals surface area contributed by atoms with Gasteiger partial charge in [0.15, 0.2) is 0 Å². The number of allylic oxidation sites excluding steroid dienone is 2. The van der Waals surface area contributed by atoms with Gasteiger partial charge >= 0.3 is 220 Å². The summed E-state index contributed by atoms with van der Waals surface area (Å²) in [5.41, 5.74) is 8.62. The number of fused-ring (bicyclic) bond motifs is 3. The molecule has 2 atom stereocenters. The summed E-state index contributed by atoms with van der Waals surface area (Å²) < 4.78 is 4.55. The van der Waals surface area contributed by atoms with Crippen molar-refractivity contribution in [3.8, 4) is 0 Å². The zero-order valence-corrected chi connectivity index (χ0v) is 22.6. The van der Waals surface area contributed by atoms with Crippen molar-refractivity contribution in [2.24, 2.45) is 0 Å². The molecule has 0 amide bonds. The zero-order valence-electron chi connectivity index (χ0n) is 19.8. The molecule has 0 N–H and O–H groups in total. The smallest absolute Gasteiger partial charge is 1.00 e. The quantitative estimate of drug-likeness (QED) is 0.232. The first-order valence-electron chi connectivity index (χ1n) is 11.2. The molecule has 0 fully saturated rings. The first kappa shape index (κ1) is 20.4. The minimum Gasteiger partial charge on any atom is -1.00 e. The summed E-state index contributed by atoms with van der Waals surface area (Å²) >= 11 is 4.75. The van der Waals surface area contributed by atoms with Crippen molar-refractivity contribution in [2.75, 3.05) is 0 Å². The van der Waals surface area contributed by atoms with Gasteiger partial charge < -0.3 is 2.85 Å². The largest absolute Gasteiger partial charge is 1.00 e. The second kappa shape index (κ2) is 8.08. The van der Waals surface area contributed by atoms with E-state index >= 15 is 0 Å². The second-order valence-electron chi connectivity index (χ2n) is 8.77. The SMILES string of the molecule is Brc1cccc2c1C(c1ccccc1)[C]([Zr+2][C]1=Cc3c4cccc3C1c1ccc(cc1)S4)=C2.[H-].[H-]. The molecule has 0 aromatic heterocycles. The maximum Gasteiger partial charge on any atom is -1.00 e. The Balaban J connectivity index is 0.00000127. The third kappa shape index (κ3) is 3.35. The van der Waals surface area contributed by atoms with Gasteiger partial charge in [0.05, 0.1) is 0 Å². The van der Waals surface area contributed by atoms with E-state index in [2.05, 4.69) is 119 Å². The Labute approximate surface area is 221 Å². The van der Waals surface area contributed by atoms with Crippen molar-refractivity contribution >= 4 is 39.8 Å². The first-order chi connectivity index (χ1) is 16.3. The third-order valence-corrected chi connectivity index (χ3v) is 12.2. The van der Waals surface area contributed by atoms with E-state index in [1.54, 1.807) is 6.56 Å². The van der Waals surface area contributed by atoms with Gasteiger partial charge in [-0.1, -0.05) is 0 Å². The fraction of sp³-hybridized carbons (Fsp3) is 0.0667. The van der Waals surface area contributed by atoms with Gasteiger partial charge in [-0.2, -0.15) is 0 Å². The van der Waals surface area contributed by atoms with Crippen LogP contribution in [0.15, 0.2) is 112 Å². The number of hydrogen-bond donors (Lipinski definition) is 0. The van der Waals surface area contributed by atoms with E-state index in [1.807, 2.05) is 11.8 Å². The Morgan fingerprint density at radius 1 is 0.697 bits per heavy atom. The van der Waals surface area contributed by atoms with Crippen LogP contribution in [0.4, 0.5) is 0 Å². The van der Waals surface area contributed by atoms with Crippen LogP contribution in [0, 0.1) is 0 Å². The number of halogens is 1. The fourth-order valence-electron chi connectivity index (χ4n) is 5.44. The van der Waals surface area contributed by atoms with E-state index in [9.17, 15) is 0 Å². The summed E-state index contributed by atoms with van der Waals surface area (Å²) in [5, 5.41) is 0. The Kier molecular flexibility index (Phi) is 5.01. The summed E-state index contributed by atoms with van der Waals surface area (Å²) in [7, 11) is 0. The van der Waals surface area contributed by atoms with Crippen molar-refractivity contribution in [2.45, 2.75) is 21.6 Å². The summed E-state index contributed by atoms with van der Waals surface area (Å²) in [6, 6.07) is 33.9. The Morgan fingerprint density at radius 2 is 1.45 bits per heavy atom. The predicted molar refractivity (Wildman–Crippen MR) is 139 cm³/mol. The van der Waals surface area contributed by atoms with Crippen LogP contribution in [0.25, 0.3) is 12.2 Å². The molecule has 2 aliphatic heterocycles. The molecular weight excluding hydrogens is 564 g/mol. The van der Waals surface area contributed by atoms with Crippen molar-refractivity contribution in [3.63, 3.8) is 0 Å². The molecule has 33 heavy (non-hydrogen) atoms. The zero-order chi connectivity index (χ0) is 21.9. The van der Waals surface area contributed by atoms with Gasteiger partial charge in [-0.25, -0.2) is 0 Å². The summed E-state index contributed by atoms with van der Waals surface area (Å²) in [6.45, 7) is 0. The molecule has 0 radical (unpaired) electrons. The molecule has 6 bridgehead atoms. The van der Waals surface area contributed by atoms with Crippen LogP contribution in [-0.2, 0) is 23.2 Å². The van der Waals surface area contributed by atoms with Crippen molar-refractivity contribution in [3.05, 3.63) is 135 Å². The maximum absolute atomic E-state index is 3.88. The van der Waals surface area contributed by atoms with E-state index in [4.69, 9.17) is 0 Å². The molecule has 0 saturated carbocycles. The molecule has 4 aromatic carbocycles. The van der Waals surface area contributed by atoms with Gasteiger partial charge in [0.1, 0.15) is 0 Å². The molecule has 0 nitrogen and oxygen atoms in total. The molecule has 2 heterocycles. The Morgan fingerprint density at radius 3 is 2.30 bits per heavy atom. The van der Waals surface area contributed by atoms with Crippen molar-refractivity contribution in [1.82, 2.24) is 0 Å². The van der Waals surface area contributed by atoms with E-state index < -0.39 is 23.2 Å². The second-order valence-corrected chi connectivity index (χ2v) is 14.2. The minimum absolute atomic E-state index is 0. The van der Waals surface area contributed by atoms with E-state index in [1.165, 1.54) is 47.6 Å². The monoisotopic (exact) mass is 582 g/mol. The molecule has 2 aliphatic carbocycles. The van der Waals surface area contributed by atoms with Crippen LogP contribution >= 0.6 is 27.7 Å². The minimum atomic E-state index is -1.03. The molecule has 0 saturated heterocycles. The van der Waals surface area contributed by atoms with Crippen LogP contribution in [0.1, 0.15) is 48.1 Å². The maximum atomic E-state index is 3.88. The molecule has 8 rings (SSSR count). The van der Waals surface area contributed by atoms with Gasteiger partial charge in [-0.3, -0.25) is 0 Å². The summed E-state index contributed by atoms with van der Waals surface area (Å²) in [6.07, 6.45) is 5.07. The molecule has 0 spiro atoms. The topological polar surface area (TPSA) is 0 Å². The van der Waals surface area contributed by atoms with Crippen LogP contribution in [-0.4, -0.2) is 0 Å². The van der Waals surface area contributed by atoms with E-state index in [0.29, 0.717) is 11.8 Å². The van der Waals surface area contributed by atoms with Crippen LogP contribution in [0.3, 0.4) is 0 Å². The van der Waals surface area contributed by atoms with Crippen LogP contribution in [0.5, 0.6) is 0 Å². The summed E-state index contributed by atoms with van der Waals surface area (Å²) in [4.78, 5) is 2.72. The molecule has 4 aliphatic rings. The predicted octanol–water partition coefficient (Wildman–Crippen LogP) is 8.89. The Bertz CT molecular complexity index is 1480. The van der Waals surface area contributed by atoms with Gasteiger partial charge in [0.2, 0.25) is 0 Å². The Hall–Kier alpha value is -1.93. The first-order valence-corrected chi connectivity index (χ1v) is 15.3. The molecular formula is C30H21BrSZr. The molecule has 2 unspecified atom stereocenters. The number of hydrogen-bond acceptors (Lipinski definition) is 1. The summed E-state index contributed by atoms with van der Waals surface area (Å²) in [5.74, 6) is 0.765.